The van der Waals surface area contributed by atoms with Gasteiger partial charge in [-0.2, -0.15) is 0 Å². The first-order valence-corrected chi connectivity index (χ1v) is 7.90. The van der Waals surface area contributed by atoms with Gasteiger partial charge in [-0.3, -0.25) is 4.79 Å². The summed E-state index contributed by atoms with van der Waals surface area (Å²) >= 11 is 0. The first-order valence-electron chi connectivity index (χ1n) is 7.90. The number of hydrogen-bond acceptors (Lipinski definition) is 4. The lowest BCUT2D eigenvalue weighted by Gasteiger charge is -2.32. The molecule has 0 unspecified atom stereocenters. The van der Waals surface area contributed by atoms with Gasteiger partial charge in [-0.05, 0) is 67.1 Å². The van der Waals surface area contributed by atoms with Crippen molar-refractivity contribution in [2.75, 3.05) is 6.61 Å². The van der Waals surface area contributed by atoms with Crippen LogP contribution >= 0.6 is 0 Å². The highest BCUT2D eigenvalue weighted by Gasteiger charge is 2.52. The summed E-state index contributed by atoms with van der Waals surface area (Å²) in [5.74, 6) is 0.130. The first-order chi connectivity index (χ1) is 9.37. The number of ether oxygens (including phenoxy) is 1. The maximum Gasteiger partial charge on any atom is 0.460 e. The number of hydrogen-bond donors (Lipinski definition) is 0. The van der Waals surface area contributed by atoms with E-state index in [0.29, 0.717) is 6.61 Å². The monoisotopic (exact) mass is 298 g/mol. The molecule has 0 aromatic carbocycles. The van der Waals surface area contributed by atoms with Crippen LogP contribution in [-0.4, -0.2) is 30.9 Å². The first kappa shape index (κ1) is 18.5. The van der Waals surface area contributed by atoms with Crippen molar-refractivity contribution in [3.05, 3.63) is 0 Å². The summed E-state index contributed by atoms with van der Waals surface area (Å²) in [5, 5.41) is 0. The molecule has 122 valence electrons. The second kappa shape index (κ2) is 6.29. The second-order valence-corrected chi connectivity index (χ2v) is 8.13. The van der Waals surface area contributed by atoms with Crippen LogP contribution in [0.5, 0.6) is 0 Å². The van der Waals surface area contributed by atoms with Gasteiger partial charge in [0.05, 0.1) is 23.2 Å². The molecule has 0 aromatic rings. The van der Waals surface area contributed by atoms with Gasteiger partial charge in [0.15, 0.2) is 0 Å². The van der Waals surface area contributed by atoms with E-state index < -0.39 is 5.41 Å². The lowest BCUT2D eigenvalue weighted by atomic mass is 9.71. The van der Waals surface area contributed by atoms with Gasteiger partial charge >= 0.3 is 13.1 Å². The van der Waals surface area contributed by atoms with Crippen molar-refractivity contribution in [2.45, 2.75) is 85.3 Å². The van der Waals surface area contributed by atoms with E-state index in [1.165, 1.54) is 0 Å². The van der Waals surface area contributed by atoms with Crippen LogP contribution in [-0.2, 0) is 18.8 Å². The molecular formula is C16H31BO4. The van der Waals surface area contributed by atoms with Gasteiger partial charge in [0.1, 0.15) is 0 Å². The van der Waals surface area contributed by atoms with Crippen molar-refractivity contribution in [3.63, 3.8) is 0 Å². The van der Waals surface area contributed by atoms with E-state index in [4.69, 9.17) is 14.0 Å². The van der Waals surface area contributed by atoms with Crippen molar-refractivity contribution in [1.29, 1.82) is 0 Å². The maximum atomic E-state index is 11.7. The van der Waals surface area contributed by atoms with Crippen molar-refractivity contribution in [2.24, 2.45) is 5.41 Å². The Morgan fingerprint density at radius 2 is 1.62 bits per heavy atom. The maximum absolute atomic E-state index is 11.7. The molecule has 0 aliphatic carbocycles. The van der Waals surface area contributed by atoms with Crippen LogP contribution in [0.1, 0.15) is 68.2 Å². The molecule has 1 rings (SSSR count). The molecule has 0 aromatic heterocycles. The van der Waals surface area contributed by atoms with E-state index in [0.717, 1.165) is 12.8 Å². The average molecular weight is 298 g/mol. The highest BCUT2D eigenvalue weighted by atomic mass is 16.7. The van der Waals surface area contributed by atoms with Gasteiger partial charge in [0.25, 0.3) is 0 Å². The zero-order valence-electron chi connectivity index (χ0n) is 14.9. The van der Waals surface area contributed by atoms with E-state index in [9.17, 15) is 4.79 Å². The van der Waals surface area contributed by atoms with Crippen LogP contribution in [0, 0.1) is 5.41 Å². The summed E-state index contributed by atoms with van der Waals surface area (Å²) in [6, 6.07) is 0. The number of esters is 1. The summed E-state index contributed by atoms with van der Waals surface area (Å²) in [6.07, 6.45) is 1.74. The Balaban J connectivity index is 2.33. The molecule has 1 atom stereocenters. The van der Waals surface area contributed by atoms with E-state index in [1.807, 2.05) is 20.8 Å². The fraction of sp³-hybridized carbons (Fsp3) is 0.938. The third kappa shape index (κ3) is 4.72. The quantitative estimate of drug-likeness (QED) is 0.439. The Kier molecular flexibility index (Phi) is 5.54. The van der Waals surface area contributed by atoms with Gasteiger partial charge < -0.3 is 14.0 Å². The minimum atomic E-state index is -0.433. The molecule has 0 bridgehead atoms. The molecule has 0 radical (unpaired) electrons. The molecule has 1 fully saturated rings. The topological polar surface area (TPSA) is 44.8 Å². The Labute approximate surface area is 130 Å². The normalized spacial score (nSPS) is 22.2. The lowest BCUT2D eigenvalue weighted by Crippen LogP contribution is -2.41. The van der Waals surface area contributed by atoms with Crippen LogP contribution in [0.25, 0.3) is 0 Å². The Hall–Kier alpha value is -0.545. The predicted octanol–water partition coefficient (Wildman–Crippen LogP) is 3.84. The molecule has 21 heavy (non-hydrogen) atoms. The summed E-state index contributed by atoms with van der Waals surface area (Å²) < 4.78 is 17.3. The SMILES string of the molecule is C[C@H](CCCOC(=O)C(C)(C)C)B1OC(C)(C)C(C)(C)O1. The predicted molar refractivity (Wildman–Crippen MR) is 85.2 cm³/mol. The van der Waals surface area contributed by atoms with Crippen molar-refractivity contribution >= 4 is 13.1 Å². The number of carbonyl (C=O) groups is 1. The third-order valence-electron chi connectivity index (χ3n) is 4.39. The van der Waals surface area contributed by atoms with E-state index in [2.05, 4.69) is 34.6 Å². The molecule has 0 spiro atoms. The molecular weight excluding hydrogens is 267 g/mol. The molecule has 5 heteroatoms. The Morgan fingerprint density at radius 1 is 1.14 bits per heavy atom. The van der Waals surface area contributed by atoms with Crippen molar-refractivity contribution in [1.82, 2.24) is 0 Å². The minimum absolute atomic E-state index is 0.147. The second-order valence-electron chi connectivity index (χ2n) is 8.13. The largest absolute Gasteiger partial charge is 0.465 e. The van der Waals surface area contributed by atoms with E-state index >= 15 is 0 Å². The summed E-state index contributed by atoms with van der Waals surface area (Å²) in [5.41, 5.74) is -1.01. The Morgan fingerprint density at radius 3 is 2.05 bits per heavy atom. The zero-order chi connectivity index (χ0) is 16.5. The zero-order valence-corrected chi connectivity index (χ0v) is 14.9. The van der Waals surface area contributed by atoms with Gasteiger partial charge in [-0.1, -0.05) is 6.92 Å². The van der Waals surface area contributed by atoms with Crippen LogP contribution in [0.4, 0.5) is 0 Å². The van der Waals surface area contributed by atoms with E-state index in [1.54, 1.807) is 0 Å². The molecule has 1 heterocycles. The summed E-state index contributed by atoms with van der Waals surface area (Å²) in [4.78, 5) is 11.7. The van der Waals surface area contributed by atoms with Crippen LogP contribution < -0.4 is 0 Å². The van der Waals surface area contributed by atoms with Crippen molar-refractivity contribution in [3.8, 4) is 0 Å². The number of carbonyl (C=O) groups excluding carboxylic acids is 1. The summed E-state index contributed by atoms with van der Waals surface area (Å²) in [6.45, 7) is 16.4. The van der Waals surface area contributed by atoms with E-state index in [-0.39, 0.29) is 30.1 Å². The number of rotatable bonds is 5. The fourth-order valence-corrected chi connectivity index (χ4v) is 2.04. The molecule has 1 aliphatic rings. The molecule has 0 N–H and O–H groups in total. The molecule has 1 aliphatic heterocycles. The molecule has 4 nitrogen and oxygen atoms in total. The van der Waals surface area contributed by atoms with Crippen LogP contribution in [0.2, 0.25) is 5.82 Å². The van der Waals surface area contributed by atoms with Gasteiger partial charge in [-0.25, -0.2) is 0 Å². The highest BCUT2D eigenvalue weighted by Crippen LogP contribution is 2.40. The minimum Gasteiger partial charge on any atom is -0.465 e. The van der Waals surface area contributed by atoms with Crippen molar-refractivity contribution < 1.29 is 18.8 Å². The summed E-state index contributed by atoms with van der Waals surface area (Å²) in [7, 11) is -0.187. The Bertz CT molecular complexity index is 355. The highest BCUT2D eigenvalue weighted by molar-refractivity contribution is 6.47. The average Bonchev–Trinajstić information content (AvgIpc) is 2.52. The molecule has 1 saturated heterocycles. The van der Waals surface area contributed by atoms with Gasteiger partial charge in [0.2, 0.25) is 0 Å². The molecule has 0 amide bonds. The van der Waals surface area contributed by atoms with Crippen LogP contribution in [0.15, 0.2) is 0 Å². The standard InChI is InChI=1S/C16H31BO4/c1-12(10-9-11-19-13(18)14(2,3)4)17-20-15(5,6)16(7,8)21-17/h12H,9-11H2,1-8H3/t12-/m1/s1. The van der Waals surface area contributed by atoms with Gasteiger partial charge in [0, 0.05) is 0 Å². The van der Waals surface area contributed by atoms with Crippen LogP contribution in [0.3, 0.4) is 0 Å². The smallest absolute Gasteiger partial charge is 0.460 e. The third-order valence-corrected chi connectivity index (χ3v) is 4.39. The lowest BCUT2D eigenvalue weighted by molar-refractivity contribution is -0.153. The molecule has 0 saturated carbocycles. The van der Waals surface area contributed by atoms with Gasteiger partial charge in [-0.15, -0.1) is 0 Å². The fourth-order valence-electron chi connectivity index (χ4n) is 2.04.